The van der Waals surface area contributed by atoms with Crippen LogP contribution in [0.2, 0.25) is 0 Å². The van der Waals surface area contributed by atoms with Gasteiger partial charge in [-0.1, -0.05) is 0 Å². The molecule has 94 valence electrons. The van der Waals surface area contributed by atoms with Crippen molar-refractivity contribution in [1.29, 1.82) is 0 Å². The van der Waals surface area contributed by atoms with Gasteiger partial charge in [-0.2, -0.15) is 0 Å². The van der Waals surface area contributed by atoms with E-state index in [1.807, 2.05) is 0 Å². The van der Waals surface area contributed by atoms with Crippen LogP contribution in [-0.4, -0.2) is 48.6 Å². The lowest BCUT2D eigenvalue weighted by Gasteiger charge is -2.37. The van der Waals surface area contributed by atoms with Gasteiger partial charge in [0.25, 0.3) is 0 Å². The highest BCUT2D eigenvalue weighted by atomic mass is 16.5. The summed E-state index contributed by atoms with van der Waals surface area (Å²) >= 11 is 0. The van der Waals surface area contributed by atoms with Crippen LogP contribution in [0.15, 0.2) is 0 Å². The molecule has 0 aromatic carbocycles. The molecule has 2 heterocycles. The van der Waals surface area contributed by atoms with Gasteiger partial charge in [0.2, 0.25) is 11.8 Å². The second kappa shape index (κ2) is 4.29. The summed E-state index contributed by atoms with van der Waals surface area (Å²) in [6.45, 7) is 1.66. The van der Waals surface area contributed by atoms with E-state index >= 15 is 0 Å². The molecular formula is C12H18N2O3. The normalized spacial score (nSPS) is 31.5. The Morgan fingerprint density at radius 1 is 1.12 bits per heavy atom. The van der Waals surface area contributed by atoms with Crippen LogP contribution in [0.1, 0.15) is 25.7 Å². The number of rotatable bonds is 2. The lowest BCUT2D eigenvalue weighted by molar-refractivity contribution is -0.147. The molecule has 3 rings (SSSR count). The maximum absolute atomic E-state index is 12.3. The molecule has 0 unspecified atom stereocenters. The number of hydrogen-bond donors (Lipinski definition) is 1. The monoisotopic (exact) mass is 238 g/mol. The van der Waals surface area contributed by atoms with Gasteiger partial charge in [-0.05, 0) is 31.6 Å². The molecule has 0 radical (unpaired) electrons. The topological polar surface area (TPSA) is 58.6 Å². The number of ether oxygens (including phenoxy) is 1. The molecule has 1 saturated carbocycles. The van der Waals surface area contributed by atoms with E-state index in [2.05, 4.69) is 5.32 Å². The number of piperazine rings is 1. The van der Waals surface area contributed by atoms with Crippen molar-refractivity contribution in [3.63, 3.8) is 0 Å². The Bertz CT molecular complexity index is 335. The zero-order valence-electron chi connectivity index (χ0n) is 9.85. The first-order valence-electron chi connectivity index (χ1n) is 6.43. The standard InChI is InChI=1S/C12H18N2O3/c15-10-7-14(9-1-2-9)12(16)11(13-10)8-3-5-17-6-4-8/h8-9,11H,1-7H2,(H,13,15)/t11-/m1/s1. The van der Waals surface area contributed by atoms with Crippen molar-refractivity contribution in [3.05, 3.63) is 0 Å². The van der Waals surface area contributed by atoms with Crippen LogP contribution in [0.25, 0.3) is 0 Å². The molecule has 17 heavy (non-hydrogen) atoms. The van der Waals surface area contributed by atoms with Crippen molar-refractivity contribution in [1.82, 2.24) is 10.2 Å². The summed E-state index contributed by atoms with van der Waals surface area (Å²) in [6.07, 6.45) is 3.85. The van der Waals surface area contributed by atoms with Crippen LogP contribution < -0.4 is 5.32 Å². The molecule has 1 N–H and O–H groups in total. The van der Waals surface area contributed by atoms with Gasteiger partial charge in [0.15, 0.2) is 0 Å². The van der Waals surface area contributed by atoms with Crippen LogP contribution in [0.3, 0.4) is 0 Å². The van der Waals surface area contributed by atoms with Crippen molar-refractivity contribution in [2.75, 3.05) is 19.8 Å². The third-order valence-electron chi connectivity index (χ3n) is 3.90. The van der Waals surface area contributed by atoms with Gasteiger partial charge >= 0.3 is 0 Å². The number of carbonyl (C=O) groups excluding carboxylic acids is 2. The van der Waals surface area contributed by atoms with E-state index in [9.17, 15) is 9.59 Å². The average Bonchev–Trinajstić information content (AvgIpc) is 3.17. The van der Waals surface area contributed by atoms with Gasteiger partial charge in [-0.3, -0.25) is 9.59 Å². The number of hydrogen-bond acceptors (Lipinski definition) is 3. The molecule has 0 aromatic heterocycles. The molecule has 2 amide bonds. The minimum absolute atomic E-state index is 0.00649. The van der Waals surface area contributed by atoms with Crippen LogP contribution >= 0.6 is 0 Å². The Morgan fingerprint density at radius 2 is 1.82 bits per heavy atom. The third-order valence-corrected chi connectivity index (χ3v) is 3.90. The van der Waals surface area contributed by atoms with Gasteiger partial charge in [0, 0.05) is 19.3 Å². The number of nitrogens with zero attached hydrogens (tertiary/aromatic N) is 1. The number of nitrogens with one attached hydrogen (secondary N) is 1. The van der Waals surface area contributed by atoms with Gasteiger partial charge in [-0.15, -0.1) is 0 Å². The molecule has 2 aliphatic heterocycles. The fraction of sp³-hybridized carbons (Fsp3) is 0.833. The highest BCUT2D eigenvalue weighted by Crippen LogP contribution is 2.30. The van der Waals surface area contributed by atoms with Crippen molar-refractivity contribution in [3.8, 4) is 0 Å². The first-order valence-corrected chi connectivity index (χ1v) is 6.43. The number of carbonyl (C=O) groups is 2. The van der Waals surface area contributed by atoms with Gasteiger partial charge < -0.3 is 15.0 Å². The Balaban J connectivity index is 1.72. The lowest BCUT2D eigenvalue weighted by Crippen LogP contribution is -2.61. The van der Waals surface area contributed by atoms with Crippen LogP contribution in [-0.2, 0) is 14.3 Å². The Labute approximate surface area is 100 Å². The van der Waals surface area contributed by atoms with Crippen molar-refractivity contribution >= 4 is 11.8 Å². The lowest BCUT2D eigenvalue weighted by atomic mass is 9.89. The molecule has 0 spiro atoms. The molecule has 0 bridgehead atoms. The van der Waals surface area contributed by atoms with E-state index in [0.717, 1.165) is 25.7 Å². The smallest absolute Gasteiger partial charge is 0.246 e. The van der Waals surface area contributed by atoms with Gasteiger partial charge in [-0.25, -0.2) is 0 Å². The summed E-state index contributed by atoms with van der Waals surface area (Å²) in [7, 11) is 0. The molecule has 5 heteroatoms. The molecule has 3 aliphatic rings. The predicted octanol–water partition coefficient (Wildman–Crippen LogP) is -0.0976. The van der Waals surface area contributed by atoms with E-state index in [-0.39, 0.29) is 30.3 Å². The molecular weight excluding hydrogens is 220 g/mol. The predicted molar refractivity (Wildman–Crippen MR) is 60.2 cm³/mol. The second-order valence-electron chi connectivity index (χ2n) is 5.19. The molecule has 1 aliphatic carbocycles. The summed E-state index contributed by atoms with van der Waals surface area (Å²) in [5.41, 5.74) is 0. The van der Waals surface area contributed by atoms with Crippen molar-refractivity contribution in [2.45, 2.75) is 37.8 Å². The van der Waals surface area contributed by atoms with Crippen LogP contribution in [0, 0.1) is 5.92 Å². The largest absolute Gasteiger partial charge is 0.381 e. The Morgan fingerprint density at radius 3 is 2.47 bits per heavy atom. The SMILES string of the molecule is O=C1CN(C2CC2)C(=O)[C@@H](C2CCOCC2)N1. The molecule has 1 atom stereocenters. The summed E-state index contributed by atoms with van der Waals surface area (Å²) < 4.78 is 5.30. The van der Waals surface area contributed by atoms with Gasteiger partial charge in [0.1, 0.15) is 6.04 Å². The second-order valence-corrected chi connectivity index (χ2v) is 5.19. The summed E-state index contributed by atoms with van der Waals surface area (Å²) in [4.78, 5) is 25.8. The summed E-state index contributed by atoms with van der Waals surface area (Å²) in [5.74, 6) is 0.369. The molecule has 5 nitrogen and oxygen atoms in total. The van der Waals surface area contributed by atoms with E-state index in [1.54, 1.807) is 4.90 Å². The minimum Gasteiger partial charge on any atom is -0.381 e. The van der Waals surface area contributed by atoms with E-state index in [1.165, 1.54) is 0 Å². The van der Waals surface area contributed by atoms with E-state index in [4.69, 9.17) is 4.74 Å². The zero-order valence-corrected chi connectivity index (χ0v) is 9.85. The first-order chi connectivity index (χ1) is 8.25. The fourth-order valence-corrected chi connectivity index (χ4v) is 2.76. The first kappa shape index (κ1) is 11.0. The maximum Gasteiger partial charge on any atom is 0.246 e. The summed E-state index contributed by atoms with van der Waals surface area (Å²) in [6, 6.07) is 0.0247. The fourth-order valence-electron chi connectivity index (χ4n) is 2.76. The molecule has 2 saturated heterocycles. The maximum atomic E-state index is 12.3. The highest BCUT2D eigenvalue weighted by molar-refractivity contribution is 5.95. The van der Waals surface area contributed by atoms with Crippen LogP contribution in [0.4, 0.5) is 0 Å². The molecule has 0 aromatic rings. The Hall–Kier alpha value is -1.10. The highest BCUT2D eigenvalue weighted by Gasteiger charge is 2.43. The van der Waals surface area contributed by atoms with Crippen molar-refractivity contribution < 1.29 is 14.3 Å². The van der Waals surface area contributed by atoms with Gasteiger partial charge in [0.05, 0.1) is 6.54 Å². The molecule has 3 fully saturated rings. The Kier molecular flexibility index (Phi) is 2.78. The van der Waals surface area contributed by atoms with Crippen molar-refractivity contribution in [2.24, 2.45) is 5.92 Å². The number of amides is 2. The van der Waals surface area contributed by atoms with E-state index in [0.29, 0.717) is 19.3 Å². The third kappa shape index (κ3) is 2.16. The quantitative estimate of drug-likeness (QED) is 0.731. The minimum atomic E-state index is -0.305. The van der Waals surface area contributed by atoms with E-state index < -0.39 is 0 Å². The zero-order chi connectivity index (χ0) is 11.8. The average molecular weight is 238 g/mol. The summed E-state index contributed by atoms with van der Waals surface area (Å²) in [5, 5.41) is 2.86. The van der Waals surface area contributed by atoms with Crippen LogP contribution in [0.5, 0.6) is 0 Å².